The molecule has 1 aromatic carbocycles. The van der Waals surface area contributed by atoms with Gasteiger partial charge in [-0.15, -0.1) is 0 Å². The largest absolute Gasteiger partial charge is 0.367 e. The molecule has 0 atom stereocenters. The van der Waals surface area contributed by atoms with E-state index in [9.17, 15) is 0 Å². The van der Waals surface area contributed by atoms with Crippen LogP contribution in [0.3, 0.4) is 0 Å². The second-order valence-corrected chi connectivity index (χ2v) is 4.61. The van der Waals surface area contributed by atoms with E-state index in [1.165, 1.54) is 15.4 Å². The van der Waals surface area contributed by atoms with Crippen LogP contribution in [0.15, 0.2) is 46.5 Å². The lowest BCUT2D eigenvalue weighted by atomic mass is 10.2. The quantitative estimate of drug-likeness (QED) is 0.810. The van der Waals surface area contributed by atoms with Crippen LogP contribution in [-0.2, 0) is 0 Å². The zero-order chi connectivity index (χ0) is 9.97. The number of rotatable bonds is 2. The number of aryl methyl sites for hydroxylation is 1. The molecule has 0 aliphatic rings. The molecule has 1 heterocycles. The molecule has 0 unspecified atom stereocenters. The van der Waals surface area contributed by atoms with Crippen LogP contribution in [0.5, 0.6) is 0 Å². The molecule has 0 aliphatic carbocycles. The third kappa shape index (κ3) is 2.14. The molecule has 1 nitrogen and oxygen atoms in total. The van der Waals surface area contributed by atoms with Gasteiger partial charge in [-0.05, 0) is 36.8 Å². The van der Waals surface area contributed by atoms with E-state index in [-0.39, 0.29) is 0 Å². The average Bonchev–Trinajstić information content (AvgIpc) is 2.62. The number of aromatic nitrogens is 1. The third-order valence-corrected chi connectivity index (χ3v) is 3.34. The van der Waals surface area contributed by atoms with Gasteiger partial charge in [-0.2, -0.15) is 0 Å². The molecule has 1 N–H and O–H groups in total. The van der Waals surface area contributed by atoms with Crippen LogP contribution in [-0.4, -0.2) is 4.98 Å². The summed E-state index contributed by atoms with van der Waals surface area (Å²) in [5, 5.41) is 0.793. The summed E-state index contributed by atoms with van der Waals surface area (Å²) in [4.78, 5) is 5.50. The summed E-state index contributed by atoms with van der Waals surface area (Å²) in [6.07, 6.45) is 3.91. The second kappa shape index (κ2) is 4.11. The van der Waals surface area contributed by atoms with Crippen molar-refractivity contribution in [1.29, 1.82) is 0 Å². The minimum atomic E-state index is 0.793. The van der Waals surface area contributed by atoms with E-state index in [1.807, 2.05) is 24.5 Å². The minimum absolute atomic E-state index is 0.793. The van der Waals surface area contributed by atoms with E-state index in [1.54, 1.807) is 11.8 Å². The van der Waals surface area contributed by atoms with Gasteiger partial charge in [0.25, 0.3) is 0 Å². The van der Waals surface area contributed by atoms with Gasteiger partial charge in [0.15, 0.2) is 0 Å². The molecule has 0 radical (unpaired) electrons. The lowest BCUT2D eigenvalue weighted by Crippen LogP contribution is -1.78. The average molecular weight is 224 g/mol. The highest BCUT2D eigenvalue weighted by molar-refractivity contribution is 7.99. The maximum absolute atomic E-state index is 5.88. The second-order valence-electron chi connectivity index (χ2n) is 3.06. The normalized spacial score (nSPS) is 10.4. The zero-order valence-electron chi connectivity index (χ0n) is 7.75. The van der Waals surface area contributed by atoms with Gasteiger partial charge in [0.05, 0.1) is 0 Å². The molecular formula is C11H10ClNS. The van der Waals surface area contributed by atoms with Crippen LogP contribution in [0.25, 0.3) is 0 Å². The zero-order valence-corrected chi connectivity index (χ0v) is 9.32. The first-order chi connectivity index (χ1) is 6.75. The van der Waals surface area contributed by atoms with Crippen molar-refractivity contribution in [3.63, 3.8) is 0 Å². The van der Waals surface area contributed by atoms with Crippen molar-refractivity contribution in [3.8, 4) is 0 Å². The fraction of sp³-hybridized carbons (Fsp3) is 0.0909. The van der Waals surface area contributed by atoms with Crippen molar-refractivity contribution in [2.24, 2.45) is 0 Å². The van der Waals surface area contributed by atoms with E-state index in [2.05, 4.69) is 24.0 Å². The molecule has 2 rings (SSSR count). The molecule has 0 bridgehead atoms. The van der Waals surface area contributed by atoms with Gasteiger partial charge in [0.1, 0.15) is 0 Å². The van der Waals surface area contributed by atoms with E-state index < -0.39 is 0 Å². The predicted octanol–water partition coefficient (Wildman–Crippen LogP) is 4.13. The van der Waals surface area contributed by atoms with Gasteiger partial charge in [-0.1, -0.05) is 23.4 Å². The monoisotopic (exact) mass is 223 g/mol. The molecule has 72 valence electrons. The summed E-state index contributed by atoms with van der Waals surface area (Å²) in [5.41, 5.74) is 1.21. The fourth-order valence-corrected chi connectivity index (χ4v) is 2.33. The Bertz CT molecular complexity index is 423. The molecule has 1 aromatic heterocycles. The van der Waals surface area contributed by atoms with Gasteiger partial charge < -0.3 is 4.98 Å². The lowest BCUT2D eigenvalue weighted by molar-refractivity contribution is 1.29. The van der Waals surface area contributed by atoms with Crippen molar-refractivity contribution >= 4 is 23.4 Å². The molecule has 0 spiro atoms. The molecule has 0 saturated heterocycles. The van der Waals surface area contributed by atoms with Crippen LogP contribution < -0.4 is 0 Å². The number of H-pyrrole nitrogens is 1. The first kappa shape index (κ1) is 9.69. The summed E-state index contributed by atoms with van der Waals surface area (Å²) in [6.45, 7) is 2.07. The van der Waals surface area contributed by atoms with Gasteiger partial charge in [0.2, 0.25) is 0 Å². The highest BCUT2D eigenvalue weighted by Crippen LogP contribution is 2.31. The number of halogens is 1. The predicted molar refractivity (Wildman–Crippen MR) is 61.1 cm³/mol. The Kier molecular flexibility index (Phi) is 2.85. The molecule has 14 heavy (non-hydrogen) atoms. The van der Waals surface area contributed by atoms with Crippen LogP contribution in [0, 0.1) is 6.92 Å². The highest BCUT2D eigenvalue weighted by atomic mass is 35.5. The van der Waals surface area contributed by atoms with Crippen LogP contribution in [0.2, 0.25) is 5.02 Å². The lowest BCUT2D eigenvalue weighted by Gasteiger charge is -2.03. The van der Waals surface area contributed by atoms with Crippen molar-refractivity contribution in [1.82, 2.24) is 4.98 Å². The summed E-state index contributed by atoms with van der Waals surface area (Å²) >= 11 is 7.62. The topological polar surface area (TPSA) is 15.8 Å². The van der Waals surface area contributed by atoms with Gasteiger partial charge in [-0.25, -0.2) is 0 Å². The number of hydrogen-bond donors (Lipinski definition) is 1. The maximum atomic E-state index is 5.88. The Morgan fingerprint density at radius 1 is 1.29 bits per heavy atom. The van der Waals surface area contributed by atoms with Gasteiger partial charge >= 0.3 is 0 Å². The molecule has 0 aliphatic heterocycles. The maximum Gasteiger partial charge on any atom is 0.0409 e. The Morgan fingerprint density at radius 3 is 2.79 bits per heavy atom. The van der Waals surface area contributed by atoms with E-state index in [0.717, 1.165) is 5.02 Å². The number of benzene rings is 1. The summed E-state index contributed by atoms with van der Waals surface area (Å²) in [6, 6.07) is 8.01. The van der Waals surface area contributed by atoms with Crippen LogP contribution in [0.4, 0.5) is 0 Å². The van der Waals surface area contributed by atoms with E-state index >= 15 is 0 Å². The van der Waals surface area contributed by atoms with Crippen molar-refractivity contribution in [3.05, 3.63) is 47.2 Å². The van der Waals surface area contributed by atoms with E-state index in [0.29, 0.717) is 0 Å². The van der Waals surface area contributed by atoms with Gasteiger partial charge in [-0.3, -0.25) is 0 Å². The Balaban J connectivity index is 2.25. The number of hydrogen-bond acceptors (Lipinski definition) is 1. The number of nitrogens with one attached hydrogen (secondary N) is 1. The first-order valence-corrected chi connectivity index (χ1v) is 5.52. The summed E-state index contributed by atoms with van der Waals surface area (Å²) in [5.74, 6) is 0. The summed E-state index contributed by atoms with van der Waals surface area (Å²) < 4.78 is 0. The Labute approximate surface area is 92.5 Å². The van der Waals surface area contributed by atoms with Crippen molar-refractivity contribution in [2.75, 3.05) is 0 Å². The smallest absolute Gasteiger partial charge is 0.0409 e. The summed E-state index contributed by atoms with van der Waals surface area (Å²) in [7, 11) is 0. The Morgan fingerprint density at radius 2 is 2.14 bits per heavy atom. The molecular weight excluding hydrogens is 214 g/mol. The van der Waals surface area contributed by atoms with Crippen LogP contribution in [0.1, 0.15) is 5.56 Å². The SMILES string of the molecule is Cc1cc(Cl)ccc1Sc1cc[nH]c1. The molecule has 2 aromatic rings. The molecule has 3 heteroatoms. The standard InChI is InChI=1S/C11H10ClNS/c1-8-6-9(12)2-3-11(8)14-10-4-5-13-7-10/h2-7,13H,1H3. The highest BCUT2D eigenvalue weighted by Gasteiger charge is 2.01. The fourth-order valence-electron chi connectivity index (χ4n) is 1.23. The third-order valence-electron chi connectivity index (χ3n) is 1.93. The van der Waals surface area contributed by atoms with Crippen molar-refractivity contribution < 1.29 is 0 Å². The Hall–Kier alpha value is -0.860. The molecule has 0 saturated carbocycles. The van der Waals surface area contributed by atoms with Crippen molar-refractivity contribution in [2.45, 2.75) is 16.7 Å². The van der Waals surface area contributed by atoms with Gasteiger partial charge in [0, 0.05) is 27.2 Å². The minimum Gasteiger partial charge on any atom is -0.367 e. The number of aromatic amines is 1. The van der Waals surface area contributed by atoms with E-state index in [4.69, 9.17) is 11.6 Å². The van der Waals surface area contributed by atoms with Crippen LogP contribution >= 0.6 is 23.4 Å². The molecule has 0 fully saturated rings. The first-order valence-electron chi connectivity index (χ1n) is 4.32. The molecule has 0 amide bonds.